The van der Waals surface area contributed by atoms with Crippen LogP contribution in [0.25, 0.3) is 0 Å². The summed E-state index contributed by atoms with van der Waals surface area (Å²) in [6, 6.07) is 3.57. The molecule has 2 aromatic rings. The molecule has 0 amide bonds. The fourth-order valence-electron chi connectivity index (χ4n) is 1.76. The Hall–Kier alpha value is -1.99. The van der Waals surface area contributed by atoms with Crippen LogP contribution in [-0.4, -0.2) is 42.0 Å². The van der Waals surface area contributed by atoms with Crippen LogP contribution in [0.1, 0.15) is 17.3 Å². The summed E-state index contributed by atoms with van der Waals surface area (Å²) in [5.74, 6) is 1.70. The maximum atomic E-state index is 5.83. The molecule has 0 aliphatic carbocycles. The lowest BCUT2D eigenvalue weighted by Gasteiger charge is -2.05. The van der Waals surface area contributed by atoms with Gasteiger partial charge in [0.1, 0.15) is 0 Å². The van der Waals surface area contributed by atoms with Crippen molar-refractivity contribution in [2.45, 2.75) is 18.9 Å². The second-order valence-corrected chi connectivity index (χ2v) is 4.41. The number of aromatic nitrogens is 3. The molecule has 0 fully saturated rings. The molecule has 0 spiro atoms. The highest BCUT2D eigenvalue weighted by Gasteiger charge is 2.11. The van der Waals surface area contributed by atoms with Crippen molar-refractivity contribution in [3.8, 4) is 5.88 Å². The SMILES string of the molecule is COCC(N)Cc1nc(Cc2ccc(OC)nc2)no1. The fourth-order valence-corrected chi connectivity index (χ4v) is 1.76. The van der Waals surface area contributed by atoms with Gasteiger partial charge in [-0.25, -0.2) is 4.98 Å². The van der Waals surface area contributed by atoms with Gasteiger partial charge in [0.25, 0.3) is 0 Å². The summed E-state index contributed by atoms with van der Waals surface area (Å²) in [5.41, 5.74) is 6.82. The maximum Gasteiger partial charge on any atom is 0.228 e. The minimum absolute atomic E-state index is 0.143. The average Bonchev–Trinajstić information content (AvgIpc) is 2.87. The van der Waals surface area contributed by atoms with E-state index in [2.05, 4.69) is 15.1 Å². The number of pyridine rings is 1. The van der Waals surface area contributed by atoms with Gasteiger partial charge < -0.3 is 19.7 Å². The van der Waals surface area contributed by atoms with Gasteiger partial charge in [-0.1, -0.05) is 11.2 Å². The smallest absolute Gasteiger partial charge is 0.228 e. The Morgan fingerprint density at radius 3 is 2.85 bits per heavy atom. The first-order valence-electron chi connectivity index (χ1n) is 6.26. The number of nitrogens with two attached hydrogens (primary N) is 1. The zero-order chi connectivity index (χ0) is 14.4. The van der Waals surface area contributed by atoms with Crippen molar-refractivity contribution in [2.24, 2.45) is 5.73 Å². The molecule has 7 heteroatoms. The molecular formula is C13H18N4O3. The van der Waals surface area contributed by atoms with E-state index in [-0.39, 0.29) is 6.04 Å². The highest BCUT2D eigenvalue weighted by molar-refractivity contribution is 5.20. The molecule has 20 heavy (non-hydrogen) atoms. The molecule has 2 N–H and O–H groups in total. The molecule has 0 aliphatic heterocycles. The molecule has 7 nitrogen and oxygen atoms in total. The fraction of sp³-hybridized carbons (Fsp3) is 0.462. The third-order valence-electron chi connectivity index (χ3n) is 2.70. The highest BCUT2D eigenvalue weighted by Crippen LogP contribution is 2.10. The van der Waals surface area contributed by atoms with E-state index in [1.165, 1.54) is 0 Å². The van der Waals surface area contributed by atoms with Gasteiger partial charge in [0.05, 0.1) is 13.7 Å². The Kier molecular flexibility index (Phi) is 5.03. The number of rotatable bonds is 7. The normalized spacial score (nSPS) is 12.3. The van der Waals surface area contributed by atoms with E-state index in [0.29, 0.717) is 37.0 Å². The summed E-state index contributed by atoms with van der Waals surface area (Å²) in [6.07, 6.45) is 2.78. The lowest BCUT2D eigenvalue weighted by molar-refractivity contribution is 0.176. The van der Waals surface area contributed by atoms with Gasteiger partial charge >= 0.3 is 0 Å². The molecule has 0 aliphatic rings. The van der Waals surface area contributed by atoms with Gasteiger partial charge in [-0.05, 0) is 5.56 Å². The van der Waals surface area contributed by atoms with Gasteiger partial charge in [-0.3, -0.25) is 0 Å². The van der Waals surface area contributed by atoms with E-state index < -0.39 is 0 Å². The molecule has 0 aromatic carbocycles. The predicted molar refractivity (Wildman–Crippen MR) is 71.4 cm³/mol. The van der Waals surface area contributed by atoms with Crippen LogP contribution in [0.4, 0.5) is 0 Å². The third-order valence-corrected chi connectivity index (χ3v) is 2.70. The van der Waals surface area contributed by atoms with Gasteiger partial charge in [0.2, 0.25) is 11.8 Å². The van der Waals surface area contributed by atoms with E-state index in [4.69, 9.17) is 19.7 Å². The summed E-state index contributed by atoms with van der Waals surface area (Å²) >= 11 is 0. The van der Waals surface area contributed by atoms with Crippen molar-refractivity contribution in [3.05, 3.63) is 35.6 Å². The second-order valence-electron chi connectivity index (χ2n) is 4.41. The molecule has 0 saturated carbocycles. The third kappa shape index (κ3) is 4.01. The Morgan fingerprint density at radius 2 is 2.20 bits per heavy atom. The molecule has 2 aromatic heterocycles. The van der Waals surface area contributed by atoms with Crippen molar-refractivity contribution in [1.29, 1.82) is 0 Å². The summed E-state index contributed by atoms with van der Waals surface area (Å²) in [4.78, 5) is 8.43. The molecule has 1 atom stereocenters. The van der Waals surface area contributed by atoms with Gasteiger partial charge in [0.15, 0.2) is 5.82 Å². The zero-order valence-corrected chi connectivity index (χ0v) is 11.6. The lowest BCUT2D eigenvalue weighted by Crippen LogP contribution is -2.28. The molecule has 2 heterocycles. The lowest BCUT2D eigenvalue weighted by atomic mass is 10.2. The minimum Gasteiger partial charge on any atom is -0.481 e. The second kappa shape index (κ2) is 6.97. The quantitative estimate of drug-likeness (QED) is 0.791. The summed E-state index contributed by atoms with van der Waals surface area (Å²) in [6.45, 7) is 0.458. The first-order chi connectivity index (χ1) is 9.71. The first-order valence-corrected chi connectivity index (χ1v) is 6.26. The van der Waals surface area contributed by atoms with Crippen LogP contribution in [-0.2, 0) is 17.6 Å². The van der Waals surface area contributed by atoms with Crippen LogP contribution in [0.2, 0.25) is 0 Å². The predicted octanol–water partition coefficient (Wildman–Crippen LogP) is 0.580. The van der Waals surface area contributed by atoms with Crippen molar-refractivity contribution in [2.75, 3.05) is 20.8 Å². The summed E-state index contributed by atoms with van der Waals surface area (Å²) < 4.78 is 15.1. The monoisotopic (exact) mass is 278 g/mol. The number of hydrogen-bond donors (Lipinski definition) is 1. The largest absolute Gasteiger partial charge is 0.481 e. The number of methoxy groups -OCH3 is 2. The first kappa shape index (κ1) is 14.4. The van der Waals surface area contributed by atoms with E-state index in [1.807, 2.05) is 6.07 Å². The Labute approximate surface area is 117 Å². The van der Waals surface area contributed by atoms with E-state index >= 15 is 0 Å². The standard InChI is InChI=1S/C13H18N4O3/c1-18-8-10(14)6-13-16-11(17-20-13)5-9-3-4-12(19-2)15-7-9/h3-4,7,10H,5-6,8,14H2,1-2H3. The topological polar surface area (TPSA) is 96.3 Å². The molecule has 1 unspecified atom stereocenters. The number of ether oxygens (including phenoxy) is 2. The van der Waals surface area contributed by atoms with Crippen LogP contribution in [0, 0.1) is 0 Å². The van der Waals surface area contributed by atoms with Crippen LogP contribution < -0.4 is 10.5 Å². The molecule has 0 saturated heterocycles. The Morgan fingerprint density at radius 1 is 1.35 bits per heavy atom. The number of nitrogens with zero attached hydrogens (tertiary/aromatic N) is 3. The molecular weight excluding hydrogens is 260 g/mol. The average molecular weight is 278 g/mol. The van der Waals surface area contributed by atoms with Crippen LogP contribution in [0.15, 0.2) is 22.9 Å². The zero-order valence-electron chi connectivity index (χ0n) is 11.6. The van der Waals surface area contributed by atoms with Gasteiger partial charge in [-0.15, -0.1) is 0 Å². The molecule has 2 rings (SSSR count). The maximum absolute atomic E-state index is 5.83. The van der Waals surface area contributed by atoms with Crippen molar-refractivity contribution < 1.29 is 14.0 Å². The van der Waals surface area contributed by atoms with Crippen LogP contribution in [0.3, 0.4) is 0 Å². The summed E-state index contributed by atoms with van der Waals surface area (Å²) in [5, 5.41) is 3.93. The minimum atomic E-state index is -0.143. The Bertz CT molecular complexity index is 527. The highest BCUT2D eigenvalue weighted by atomic mass is 16.5. The van der Waals surface area contributed by atoms with E-state index in [1.54, 1.807) is 26.5 Å². The Balaban J connectivity index is 1.94. The van der Waals surface area contributed by atoms with E-state index in [0.717, 1.165) is 5.56 Å². The molecule has 108 valence electrons. The summed E-state index contributed by atoms with van der Waals surface area (Å²) in [7, 11) is 3.19. The van der Waals surface area contributed by atoms with Crippen molar-refractivity contribution in [1.82, 2.24) is 15.1 Å². The van der Waals surface area contributed by atoms with Crippen LogP contribution in [0.5, 0.6) is 5.88 Å². The van der Waals surface area contributed by atoms with Gasteiger partial charge in [0, 0.05) is 38.3 Å². The van der Waals surface area contributed by atoms with E-state index in [9.17, 15) is 0 Å². The number of hydrogen-bond acceptors (Lipinski definition) is 7. The van der Waals surface area contributed by atoms with Crippen molar-refractivity contribution >= 4 is 0 Å². The van der Waals surface area contributed by atoms with Crippen molar-refractivity contribution in [3.63, 3.8) is 0 Å². The van der Waals surface area contributed by atoms with Gasteiger partial charge in [-0.2, -0.15) is 4.98 Å². The molecule has 0 radical (unpaired) electrons. The molecule has 0 bridgehead atoms. The van der Waals surface area contributed by atoms with Crippen LogP contribution >= 0.6 is 0 Å².